The van der Waals surface area contributed by atoms with Gasteiger partial charge in [0.2, 0.25) is 0 Å². The number of pyridine rings is 1. The second kappa shape index (κ2) is 4.38. The molecule has 2 unspecified atom stereocenters. The van der Waals surface area contributed by atoms with Crippen molar-refractivity contribution in [1.29, 1.82) is 0 Å². The molecule has 0 amide bonds. The van der Waals surface area contributed by atoms with Gasteiger partial charge in [-0.3, -0.25) is 9.78 Å². The minimum absolute atomic E-state index is 0.410. The Morgan fingerprint density at radius 3 is 2.44 bits per heavy atom. The molecule has 0 aliphatic carbocycles. The van der Waals surface area contributed by atoms with Crippen molar-refractivity contribution in [2.75, 3.05) is 4.90 Å². The number of ketones is 1. The normalized spacial score (nSPS) is 27.4. The van der Waals surface area contributed by atoms with Gasteiger partial charge in [0, 0.05) is 30.6 Å². The highest BCUT2D eigenvalue weighted by Crippen LogP contribution is 2.37. The third kappa shape index (κ3) is 1.92. The van der Waals surface area contributed by atoms with Crippen molar-refractivity contribution in [2.45, 2.75) is 58.0 Å². The van der Waals surface area contributed by atoms with Gasteiger partial charge in [0.25, 0.3) is 0 Å². The van der Waals surface area contributed by atoms with E-state index in [4.69, 9.17) is 0 Å². The quantitative estimate of drug-likeness (QED) is 0.761. The molecule has 0 saturated carbocycles. The Balaban J connectivity index is 1.97. The van der Waals surface area contributed by atoms with Gasteiger partial charge in [0.15, 0.2) is 0 Å². The summed E-state index contributed by atoms with van der Waals surface area (Å²) in [7, 11) is 0. The molecule has 2 aliphatic rings. The van der Waals surface area contributed by atoms with Crippen LogP contribution in [0, 0.1) is 13.8 Å². The summed E-state index contributed by atoms with van der Waals surface area (Å²) in [6.07, 6.45) is 5.01. The molecule has 3 rings (SSSR count). The van der Waals surface area contributed by atoms with E-state index in [0.717, 1.165) is 37.1 Å². The van der Waals surface area contributed by atoms with Crippen LogP contribution in [-0.2, 0) is 4.79 Å². The molecule has 3 nitrogen and oxygen atoms in total. The Labute approximate surface area is 108 Å². The molecular formula is C15H20N2O. The second-order valence-corrected chi connectivity index (χ2v) is 5.65. The van der Waals surface area contributed by atoms with E-state index in [1.807, 2.05) is 6.92 Å². The molecule has 2 saturated heterocycles. The highest BCUT2D eigenvalue weighted by molar-refractivity contribution is 5.83. The zero-order valence-electron chi connectivity index (χ0n) is 11.1. The molecule has 1 aromatic rings. The maximum Gasteiger partial charge on any atom is 0.137 e. The summed E-state index contributed by atoms with van der Waals surface area (Å²) in [5.41, 5.74) is 3.40. The second-order valence-electron chi connectivity index (χ2n) is 5.65. The zero-order valence-corrected chi connectivity index (χ0v) is 11.1. The first-order chi connectivity index (χ1) is 8.65. The number of piperidine rings is 2. The Bertz CT molecular complexity index is 467. The number of hydrogen-bond acceptors (Lipinski definition) is 3. The van der Waals surface area contributed by atoms with Gasteiger partial charge in [-0.05, 0) is 45.2 Å². The van der Waals surface area contributed by atoms with E-state index in [2.05, 4.69) is 28.9 Å². The molecule has 96 valence electrons. The van der Waals surface area contributed by atoms with Crippen LogP contribution in [0.5, 0.6) is 0 Å². The topological polar surface area (TPSA) is 33.2 Å². The lowest BCUT2D eigenvalue weighted by Gasteiger charge is -2.47. The van der Waals surface area contributed by atoms with E-state index < -0.39 is 0 Å². The first-order valence-corrected chi connectivity index (χ1v) is 6.89. The van der Waals surface area contributed by atoms with Crippen LogP contribution in [0.4, 0.5) is 5.69 Å². The first kappa shape index (κ1) is 11.7. The highest BCUT2D eigenvalue weighted by atomic mass is 16.1. The van der Waals surface area contributed by atoms with Crippen LogP contribution in [-0.4, -0.2) is 22.9 Å². The van der Waals surface area contributed by atoms with Gasteiger partial charge >= 0.3 is 0 Å². The predicted molar refractivity (Wildman–Crippen MR) is 71.9 cm³/mol. The van der Waals surface area contributed by atoms with Crippen molar-refractivity contribution < 1.29 is 4.79 Å². The lowest BCUT2D eigenvalue weighted by Crippen LogP contribution is -2.52. The number of nitrogens with zero attached hydrogens (tertiary/aromatic N) is 2. The number of aromatic nitrogens is 1. The monoisotopic (exact) mass is 244 g/mol. The fourth-order valence-corrected chi connectivity index (χ4v) is 3.52. The third-order valence-corrected chi connectivity index (χ3v) is 4.26. The molecule has 3 heteroatoms. The molecule has 1 aromatic heterocycles. The summed E-state index contributed by atoms with van der Waals surface area (Å²) in [5, 5.41) is 0. The average Bonchev–Trinajstić information content (AvgIpc) is 2.28. The maximum absolute atomic E-state index is 11.8. The number of hydrogen-bond donors (Lipinski definition) is 0. The number of carbonyl (C=O) groups is 1. The predicted octanol–water partition coefficient (Wildman–Crippen LogP) is 2.79. The SMILES string of the molecule is Cc1ccc(N2C3CCCC2CC(=O)C3)c(C)n1. The summed E-state index contributed by atoms with van der Waals surface area (Å²) in [4.78, 5) is 18.8. The minimum Gasteiger partial charge on any atom is -0.363 e. The van der Waals surface area contributed by atoms with Crippen LogP contribution in [0.3, 0.4) is 0 Å². The zero-order chi connectivity index (χ0) is 12.7. The van der Waals surface area contributed by atoms with Crippen LogP contribution < -0.4 is 4.90 Å². The number of Topliss-reactive ketones (excluding diaryl/α,β-unsaturated/α-hetero) is 1. The standard InChI is InChI=1S/C15H20N2O/c1-10-6-7-15(11(2)16-10)17-12-4-3-5-13(17)9-14(18)8-12/h6-7,12-13H,3-5,8-9H2,1-2H3. The average molecular weight is 244 g/mol. The van der Waals surface area contributed by atoms with Gasteiger partial charge in [0.1, 0.15) is 5.78 Å². The number of aryl methyl sites for hydroxylation is 2. The van der Waals surface area contributed by atoms with E-state index in [0.29, 0.717) is 17.9 Å². The molecule has 0 radical (unpaired) electrons. The van der Waals surface area contributed by atoms with Crippen molar-refractivity contribution in [3.63, 3.8) is 0 Å². The van der Waals surface area contributed by atoms with E-state index in [-0.39, 0.29) is 0 Å². The van der Waals surface area contributed by atoms with E-state index in [1.165, 1.54) is 12.1 Å². The fraction of sp³-hybridized carbons (Fsp3) is 0.600. The number of rotatable bonds is 1. The van der Waals surface area contributed by atoms with E-state index in [1.54, 1.807) is 0 Å². The van der Waals surface area contributed by atoms with Crippen molar-refractivity contribution in [3.05, 3.63) is 23.5 Å². The van der Waals surface area contributed by atoms with Gasteiger partial charge in [-0.1, -0.05) is 0 Å². The number of carbonyl (C=O) groups excluding carboxylic acids is 1. The molecular weight excluding hydrogens is 224 g/mol. The van der Waals surface area contributed by atoms with Crippen LogP contribution in [0.25, 0.3) is 0 Å². The maximum atomic E-state index is 11.8. The molecule has 3 heterocycles. The van der Waals surface area contributed by atoms with Gasteiger partial charge in [-0.25, -0.2) is 0 Å². The molecule has 0 aromatic carbocycles. The van der Waals surface area contributed by atoms with Gasteiger partial charge in [-0.2, -0.15) is 0 Å². The molecule has 2 atom stereocenters. The fourth-order valence-electron chi connectivity index (χ4n) is 3.52. The minimum atomic E-state index is 0.410. The van der Waals surface area contributed by atoms with E-state index >= 15 is 0 Å². The summed E-state index contributed by atoms with van der Waals surface area (Å²) in [6.45, 7) is 4.10. The summed E-state index contributed by atoms with van der Waals surface area (Å²) >= 11 is 0. The largest absolute Gasteiger partial charge is 0.363 e. The smallest absolute Gasteiger partial charge is 0.137 e. The highest BCUT2D eigenvalue weighted by Gasteiger charge is 2.38. The Hall–Kier alpha value is -1.38. The Morgan fingerprint density at radius 1 is 1.17 bits per heavy atom. The van der Waals surface area contributed by atoms with Gasteiger partial charge in [0.05, 0.1) is 11.4 Å². The Morgan fingerprint density at radius 2 is 1.83 bits per heavy atom. The Kier molecular flexibility index (Phi) is 2.84. The van der Waals surface area contributed by atoms with Crippen LogP contribution in [0.15, 0.2) is 12.1 Å². The first-order valence-electron chi connectivity index (χ1n) is 6.89. The summed E-state index contributed by atoms with van der Waals surface area (Å²) in [6, 6.07) is 5.08. The van der Waals surface area contributed by atoms with Crippen molar-refractivity contribution >= 4 is 11.5 Å². The molecule has 2 aliphatic heterocycles. The molecule has 0 spiro atoms. The summed E-state index contributed by atoms with van der Waals surface area (Å²) < 4.78 is 0. The van der Waals surface area contributed by atoms with Gasteiger partial charge < -0.3 is 4.90 Å². The van der Waals surface area contributed by atoms with Crippen LogP contribution in [0.2, 0.25) is 0 Å². The summed E-state index contributed by atoms with van der Waals surface area (Å²) in [5.74, 6) is 0.443. The van der Waals surface area contributed by atoms with Crippen LogP contribution >= 0.6 is 0 Å². The molecule has 0 N–H and O–H groups in total. The van der Waals surface area contributed by atoms with E-state index in [9.17, 15) is 4.79 Å². The number of fused-ring (bicyclic) bond motifs is 2. The lowest BCUT2D eigenvalue weighted by molar-refractivity contribution is -0.121. The number of anilines is 1. The third-order valence-electron chi connectivity index (χ3n) is 4.26. The van der Waals surface area contributed by atoms with Crippen molar-refractivity contribution in [1.82, 2.24) is 4.98 Å². The van der Waals surface area contributed by atoms with Crippen molar-refractivity contribution in [2.24, 2.45) is 0 Å². The van der Waals surface area contributed by atoms with Crippen LogP contribution in [0.1, 0.15) is 43.5 Å². The van der Waals surface area contributed by atoms with Gasteiger partial charge in [-0.15, -0.1) is 0 Å². The lowest BCUT2D eigenvalue weighted by atomic mass is 9.83. The molecule has 18 heavy (non-hydrogen) atoms. The van der Waals surface area contributed by atoms with Crippen molar-refractivity contribution in [3.8, 4) is 0 Å². The molecule has 2 bridgehead atoms. The molecule has 2 fully saturated rings.